The Hall–Kier alpha value is -3.68. The van der Waals surface area contributed by atoms with E-state index in [0.29, 0.717) is 17.1 Å². The molecule has 4 amide bonds. The van der Waals surface area contributed by atoms with Crippen LogP contribution in [0.5, 0.6) is 0 Å². The number of nitrogens with zero attached hydrogens (tertiary/aromatic N) is 2. The van der Waals surface area contributed by atoms with Gasteiger partial charge in [-0.25, -0.2) is 4.79 Å². The highest BCUT2D eigenvalue weighted by molar-refractivity contribution is 9.10. The van der Waals surface area contributed by atoms with E-state index in [9.17, 15) is 14.4 Å². The first kappa shape index (κ1) is 23.1. The average Bonchev–Trinajstić information content (AvgIpc) is 3.17. The molecule has 0 unspecified atom stereocenters. The van der Waals surface area contributed by atoms with Crippen LogP contribution in [0.1, 0.15) is 16.7 Å². The molecule has 5 rings (SSSR count). The molecule has 0 spiro atoms. The minimum Gasteiger partial charge on any atom is -0.342 e. The highest BCUT2D eigenvalue weighted by Gasteiger charge is 2.35. The average molecular weight is 549 g/mol. The Kier molecular flexibility index (Phi) is 6.28. The summed E-state index contributed by atoms with van der Waals surface area (Å²) in [4.78, 5) is 39.4. The first-order valence-electron chi connectivity index (χ1n) is 10.9. The second kappa shape index (κ2) is 9.52. The zero-order valence-corrected chi connectivity index (χ0v) is 20.7. The molecule has 3 aromatic carbocycles. The number of rotatable bonds is 5. The molecule has 8 heteroatoms. The monoisotopic (exact) mass is 547 g/mol. The minimum absolute atomic E-state index is 0.0654. The normalized spacial score (nSPS) is 15.2. The SMILES string of the molecule is O=C1NC(=O)N(Cc2ccccc2)C(=O)/C1=C/c1cn(Cc2ccccc2Cl)c2ccc(Br)cc12. The third kappa shape index (κ3) is 4.65. The lowest BCUT2D eigenvalue weighted by molar-refractivity contribution is -0.130. The van der Waals surface area contributed by atoms with Crippen LogP contribution < -0.4 is 5.32 Å². The first-order chi connectivity index (χ1) is 16.9. The predicted molar refractivity (Wildman–Crippen MR) is 139 cm³/mol. The van der Waals surface area contributed by atoms with Gasteiger partial charge in [0, 0.05) is 38.7 Å². The standard InChI is InChI=1S/C27H19BrClN3O3/c28-20-10-11-24-21(13-20)19(16-31(24)15-18-8-4-5-9-23(18)29)12-22-25(33)30-27(35)32(26(22)34)14-17-6-2-1-3-7-17/h1-13,16H,14-15H2,(H,30,33,35)/b22-12+. The molecule has 0 bridgehead atoms. The maximum absolute atomic E-state index is 13.2. The quantitative estimate of drug-likeness (QED) is 0.254. The molecule has 1 aliphatic rings. The largest absolute Gasteiger partial charge is 0.342 e. The lowest BCUT2D eigenvalue weighted by Crippen LogP contribution is -2.53. The van der Waals surface area contributed by atoms with Crippen LogP contribution in [-0.2, 0) is 22.7 Å². The molecule has 0 radical (unpaired) electrons. The van der Waals surface area contributed by atoms with Crippen LogP contribution in [0.4, 0.5) is 4.79 Å². The molecule has 35 heavy (non-hydrogen) atoms. The maximum atomic E-state index is 13.2. The van der Waals surface area contributed by atoms with E-state index in [1.807, 2.05) is 83.6 Å². The van der Waals surface area contributed by atoms with Crippen molar-refractivity contribution >= 4 is 62.4 Å². The lowest BCUT2D eigenvalue weighted by Gasteiger charge is -2.26. The van der Waals surface area contributed by atoms with Crippen molar-refractivity contribution in [3.63, 3.8) is 0 Å². The number of carbonyl (C=O) groups excluding carboxylic acids is 3. The number of aromatic nitrogens is 1. The van der Waals surface area contributed by atoms with Crippen LogP contribution in [0.25, 0.3) is 17.0 Å². The van der Waals surface area contributed by atoms with E-state index >= 15 is 0 Å². The van der Waals surface area contributed by atoms with Gasteiger partial charge in [-0.05, 0) is 41.5 Å². The number of amides is 4. The molecule has 4 aromatic rings. The van der Waals surface area contributed by atoms with Crippen molar-refractivity contribution in [1.29, 1.82) is 0 Å². The van der Waals surface area contributed by atoms with E-state index in [0.717, 1.165) is 31.4 Å². The second-order valence-corrected chi connectivity index (χ2v) is 9.48. The van der Waals surface area contributed by atoms with Gasteiger partial charge in [0.25, 0.3) is 11.8 Å². The lowest BCUT2D eigenvalue weighted by atomic mass is 10.1. The van der Waals surface area contributed by atoms with Crippen molar-refractivity contribution in [1.82, 2.24) is 14.8 Å². The fraction of sp³-hybridized carbons (Fsp3) is 0.0741. The van der Waals surface area contributed by atoms with E-state index in [1.54, 1.807) is 6.08 Å². The molecular formula is C27H19BrClN3O3. The Labute approximate surface area is 214 Å². The molecule has 1 fully saturated rings. The van der Waals surface area contributed by atoms with E-state index < -0.39 is 17.8 Å². The molecule has 1 saturated heterocycles. The molecule has 1 N–H and O–H groups in total. The summed E-state index contributed by atoms with van der Waals surface area (Å²) in [6, 6.07) is 21.8. The smallest absolute Gasteiger partial charge is 0.331 e. The summed E-state index contributed by atoms with van der Waals surface area (Å²) in [6.45, 7) is 0.579. The Bertz CT molecular complexity index is 1510. The zero-order valence-electron chi connectivity index (χ0n) is 18.4. The fourth-order valence-electron chi connectivity index (χ4n) is 4.11. The predicted octanol–water partition coefficient (Wildman–Crippen LogP) is 5.77. The van der Waals surface area contributed by atoms with Crippen molar-refractivity contribution in [2.24, 2.45) is 0 Å². The minimum atomic E-state index is -0.732. The van der Waals surface area contributed by atoms with Crippen molar-refractivity contribution in [3.05, 3.63) is 111 Å². The molecule has 174 valence electrons. The van der Waals surface area contributed by atoms with Crippen LogP contribution in [0.3, 0.4) is 0 Å². The van der Waals surface area contributed by atoms with Gasteiger partial charge >= 0.3 is 6.03 Å². The molecule has 6 nitrogen and oxygen atoms in total. The van der Waals surface area contributed by atoms with Crippen LogP contribution in [0, 0.1) is 0 Å². The number of carbonyl (C=O) groups is 3. The molecule has 0 aliphatic carbocycles. The van der Waals surface area contributed by atoms with Gasteiger partial charge in [-0.15, -0.1) is 0 Å². The Balaban J connectivity index is 1.55. The van der Waals surface area contributed by atoms with E-state index in [4.69, 9.17) is 11.6 Å². The summed E-state index contributed by atoms with van der Waals surface area (Å²) in [5.74, 6) is -1.35. The third-order valence-electron chi connectivity index (χ3n) is 5.84. The van der Waals surface area contributed by atoms with Crippen molar-refractivity contribution in [2.45, 2.75) is 13.1 Å². The van der Waals surface area contributed by atoms with Gasteiger partial charge in [-0.3, -0.25) is 19.8 Å². The van der Waals surface area contributed by atoms with E-state index in [2.05, 4.69) is 21.2 Å². The number of hydrogen-bond donors (Lipinski definition) is 1. The van der Waals surface area contributed by atoms with Crippen molar-refractivity contribution < 1.29 is 14.4 Å². The van der Waals surface area contributed by atoms with Crippen LogP contribution in [0.15, 0.2) is 89.0 Å². The third-order valence-corrected chi connectivity index (χ3v) is 6.70. The summed E-state index contributed by atoms with van der Waals surface area (Å²) >= 11 is 9.89. The molecule has 2 heterocycles. The number of fused-ring (bicyclic) bond motifs is 1. The Morgan fingerprint density at radius 3 is 2.43 bits per heavy atom. The zero-order chi connectivity index (χ0) is 24.5. The van der Waals surface area contributed by atoms with Gasteiger partial charge in [0.15, 0.2) is 0 Å². The van der Waals surface area contributed by atoms with Gasteiger partial charge in [0.05, 0.1) is 6.54 Å². The van der Waals surface area contributed by atoms with Gasteiger partial charge in [-0.1, -0.05) is 76.1 Å². The number of hydrogen-bond acceptors (Lipinski definition) is 3. The topological polar surface area (TPSA) is 71.4 Å². The number of imide groups is 2. The number of benzene rings is 3. The fourth-order valence-corrected chi connectivity index (χ4v) is 4.67. The summed E-state index contributed by atoms with van der Waals surface area (Å²) < 4.78 is 2.88. The number of urea groups is 1. The molecular weight excluding hydrogens is 530 g/mol. The second-order valence-electron chi connectivity index (χ2n) is 8.16. The highest BCUT2D eigenvalue weighted by Crippen LogP contribution is 2.29. The summed E-state index contributed by atoms with van der Waals surface area (Å²) in [5, 5.41) is 3.80. The van der Waals surface area contributed by atoms with Crippen molar-refractivity contribution in [2.75, 3.05) is 0 Å². The molecule has 1 aliphatic heterocycles. The first-order valence-corrected chi connectivity index (χ1v) is 12.0. The van der Waals surface area contributed by atoms with Crippen molar-refractivity contribution in [3.8, 4) is 0 Å². The molecule has 1 aromatic heterocycles. The number of halogens is 2. The van der Waals surface area contributed by atoms with E-state index in [1.165, 1.54) is 0 Å². The molecule has 0 saturated carbocycles. The van der Waals surface area contributed by atoms with Gasteiger partial charge < -0.3 is 4.57 Å². The number of nitrogens with one attached hydrogen (secondary N) is 1. The Morgan fingerprint density at radius 1 is 0.914 bits per heavy atom. The summed E-state index contributed by atoms with van der Waals surface area (Å²) in [5.41, 5.74) is 3.23. The summed E-state index contributed by atoms with van der Waals surface area (Å²) in [6.07, 6.45) is 3.42. The highest BCUT2D eigenvalue weighted by atomic mass is 79.9. The van der Waals surface area contributed by atoms with Crippen LogP contribution in [0.2, 0.25) is 5.02 Å². The number of barbiturate groups is 1. The maximum Gasteiger partial charge on any atom is 0.331 e. The van der Waals surface area contributed by atoms with Gasteiger partial charge in [0.2, 0.25) is 0 Å². The van der Waals surface area contributed by atoms with Gasteiger partial charge in [0.1, 0.15) is 5.57 Å². The molecule has 0 atom stereocenters. The van der Waals surface area contributed by atoms with Gasteiger partial charge in [-0.2, -0.15) is 0 Å². The van der Waals surface area contributed by atoms with E-state index in [-0.39, 0.29) is 12.1 Å². The summed E-state index contributed by atoms with van der Waals surface area (Å²) in [7, 11) is 0. The Morgan fingerprint density at radius 2 is 1.66 bits per heavy atom. The van der Waals surface area contributed by atoms with Crippen LogP contribution in [-0.4, -0.2) is 27.3 Å². The van der Waals surface area contributed by atoms with Crippen LogP contribution >= 0.6 is 27.5 Å².